The Morgan fingerprint density at radius 2 is 1.84 bits per heavy atom. The summed E-state index contributed by atoms with van der Waals surface area (Å²) in [6.45, 7) is 8.53. The highest BCUT2D eigenvalue weighted by Crippen LogP contribution is 2.36. The number of hydrogen-bond acceptors (Lipinski definition) is 6. The van der Waals surface area contributed by atoms with E-state index in [-0.39, 0.29) is 22.2 Å². The number of anilines is 2. The molecule has 0 fully saturated rings. The van der Waals surface area contributed by atoms with Crippen molar-refractivity contribution in [2.75, 3.05) is 17.2 Å². The van der Waals surface area contributed by atoms with Crippen LogP contribution < -0.4 is 21.7 Å². The molecule has 1 atom stereocenters. The predicted molar refractivity (Wildman–Crippen MR) is 151 cm³/mol. The number of nitrogens with two attached hydrogens (primary N) is 2. The number of nitrogen functional groups attached to an aromatic ring is 1. The largest absolute Gasteiger partial charge is 0.395 e. The zero-order valence-corrected chi connectivity index (χ0v) is 22.7. The number of carbonyl (C=O) groups excluding carboxylic acids is 3. The fourth-order valence-electron chi connectivity index (χ4n) is 4.30. The molecule has 38 heavy (non-hydrogen) atoms. The Morgan fingerprint density at radius 1 is 1.11 bits per heavy atom. The third kappa shape index (κ3) is 5.26. The molecule has 0 aliphatic heterocycles. The number of aromatic amines is 1. The number of primary amides is 1. The highest BCUT2D eigenvalue weighted by atomic mass is 32.1. The first kappa shape index (κ1) is 26.9. The van der Waals surface area contributed by atoms with Crippen LogP contribution in [-0.2, 0) is 4.79 Å². The predicted octanol–water partition coefficient (Wildman–Crippen LogP) is 4.47. The van der Waals surface area contributed by atoms with Gasteiger partial charge in [0, 0.05) is 34.9 Å². The van der Waals surface area contributed by atoms with Crippen LogP contribution >= 0.6 is 11.5 Å². The Morgan fingerprint density at radius 3 is 2.50 bits per heavy atom. The summed E-state index contributed by atoms with van der Waals surface area (Å²) in [5.74, 6) is -1.32. The van der Waals surface area contributed by atoms with Gasteiger partial charge in [-0.2, -0.15) is 4.37 Å². The maximum absolute atomic E-state index is 14.2. The third-order valence-electron chi connectivity index (χ3n) is 6.59. The van der Waals surface area contributed by atoms with Crippen molar-refractivity contribution >= 4 is 51.5 Å². The monoisotopic (exact) mass is 532 g/mol. The number of nitrogens with zero attached hydrogens (tertiary/aromatic N) is 2. The minimum Gasteiger partial charge on any atom is -0.395 e. The van der Waals surface area contributed by atoms with E-state index in [4.69, 9.17) is 11.5 Å². The van der Waals surface area contributed by atoms with Crippen molar-refractivity contribution < 1.29 is 14.4 Å². The van der Waals surface area contributed by atoms with Crippen molar-refractivity contribution in [2.24, 2.45) is 11.7 Å². The highest BCUT2D eigenvalue weighted by molar-refractivity contribution is 7.09. The number of benzene rings is 2. The molecule has 0 radical (unpaired) electrons. The molecule has 4 aromatic rings. The van der Waals surface area contributed by atoms with Crippen molar-refractivity contribution in [3.63, 3.8) is 0 Å². The van der Waals surface area contributed by atoms with Crippen molar-refractivity contribution in [1.82, 2.24) is 14.7 Å². The Bertz CT molecular complexity index is 1510. The summed E-state index contributed by atoms with van der Waals surface area (Å²) in [5, 5.41) is 3.84. The van der Waals surface area contributed by atoms with Crippen LogP contribution in [0, 0.1) is 19.8 Å². The van der Waals surface area contributed by atoms with E-state index in [0.29, 0.717) is 23.7 Å². The van der Waals surface area contributed by atoms with Crippen molar-refractivity contribution in [3.05, 3.63) is 75.9 Å². The average molecular weight is 533 g/mol. The number of hydrogen-bond donors (Lipinski definition) is 4. The van der Waals surface area contributed by atoms with Gasteiger partial charge in [-0.3, -0.25) is 19.3 Å². The second-order valence-electron chi connectivity index (χ2n) is 9.75. The molecule has 0 bridgehead atoms. The lowest BCUT2D eigenvalue weighted by atomic mass is 10.00. The Hall–Kier alpha value is -4.18. The first-order valence-corrected chi connectivity index (χ1v) is 13.2. The number of aryl methyl sites for hydroxylation is 2. The van der Waals surface area contributed by atoms with Gasteiger partial charge in [0.2, 0.25) is 5.91 Å². The fraction of sp³-hybridized carbons (Fsp3) is 0.286. The van der Waals surface area contributed by atoms with Crippen LogP contribution in [0.25, 0.3) is 10.9 Å². The number of carbonyl (C=O) groups is 3. The summed E-state index contributed by atoms with van der Waals surface area (Å²) < 4.78 is 4.02. The minimum absolute atomic E-state index is 0.0387. The smallest absolute Gasteiger partial charge is 0.273 e. The van der Waals surface area contributed by atoms with Gasteiger partial charge in [0.15, 0.2) is 5.69 Å². The molecule has 9 nitrogen and oxygen atoms in total. The van der Waals surface area contributed by atoms with E-state index in [1.807, 2.05) is 50.2 Å². The minimum atomic E-state index is -1.04. The van der Waals surface area contributed by atoms with E-state index < -0.39 is 17.9 Å². The lowest BCUT2D eigenvalue weighted by Gasteiger charge is -2.31. The Kier molecular flexibility index (Phi) is 7.82. The van der Waals surface area contributed by atoms with Gasteiger partial charge in [0.1, 0.15) is 10.9 Å². The second-order valence-corrected chi connectivity index (χ2v) is 10.5. The normalized spacial score (nSPS) is 12.0. The number of aromatic nitrogens is 2. The second kappa shape index (κ2) is 11.1. The number of H-pyrrole nitrogens is 1. The van der Waals surface area contributed by atoms with Crippen LogP contribution in [0.1, 0.15) is 63.2 Å². The molecule has 0 aliphatic rings. The molecule has 0 saturated heterocycles. The highest BCUT2D eigenvalue weighted by Gasteiger charge is 2.37. The summed E-state index contributed by atoms with van der Waals surface area (Å²) in [7, 11) is 0. The Labute approximate surface area is 225 Å². The number of amides is 3. The lowest BCUT2D eigenvalue weighted by Crippen LogP contribution is -2.44. The summed E-state index contributed by atoms with van der Waals surface area (Å²) in [6.07, 6.45) is 2.54. The van der Waals surface area contributed by atoms with Gasteiger partial charge in [-0.25, -0.2) is 0 Å². The SMILES string of the molecule is Cc1ccc(N(C(=O)c2snc(C(N)=O)c2N)C(C(=O)NCCC(C)C)c2c[nH]c3ccccc23)cc1C. The molecule has 10 heteroatoms. The summed E-state index contributed by atoms with van der Waals surface area (Å²) in [6, 6.07) is 12.1. The van der Waals surface area contributed by atoms with Crippen molar-refractivity contribution in [3.8, 4) is 0 Å². The van der Waals surface area contributed by atoms with Gasteiger partial charge in [0.25, 0.3) is 11.8 Å². The van der Waals surface area contributed by atoms with Gasteiger partial charge >= 0.3 is 0 Å². The molecule has 1 unspecified atom stereocenters. The topological polar surface area (TPSA) is 147 Å². The van der Waals surface area contributed by atoms with E-state index >= 15 is 0 Å². The molecule has 4 rings (SSSR count). The standard InChI is InChI=1S/C28H32N6O3S/c1-15(2)11-12-31-27(36)24(20-14-32-21-8-6-5-7-19(20)21)34(18-10-9-16(3)17(4)13-18)28(37)25-22(29)23(26(30)35)33-38-25/h5-10,13-15,24,32H,11-12,29H2,1-4H3,(H2,30,35)(H,31,36). The van der Waals surface area contributed by atoms with Gasteiger partial charge in [-0.05, 0) is 67.0 Å². The van der Waals surface area contributed by atoms with E-state index in [2.05, 4.69) is 28.5 Å². The van der Waals surface area contributed by atoms with Crippen LogP contribution in [0.5, 0.6) is 0 Å². The van der Waals surface area contributed by atoms with Crippen LogP contribution in [0.2, 0.25) is 0 Å². The van der Waals surface area contributed by atoms with Crippen molar-refractivity contribution in [2.45, 2.75) is 40.2 Å². The van der Waals surface area contributed by atoms with E-state index in [0.717, 1.165) is 40.0 Å². The number of para-hydroxylation sites is 1. The van der Waals surface area contributed by atoms with Gasteiger partial charge in [-0.1, -0.05) is 38.1 Å². The molecule has 0 aliphatic carbocycles. The van der Waals surface area contributed by atoms with E-state index in [1.54, 1.807) is 12.3 Å². The first-order valence-electron chi connectivity index (χ1n) is 12.4. The maximum Gasteiger partial charge on any atom is 0.273 e. The van der Waals surface area contributed by atoms with Gasteiger partial charge in [-0.15, -0.1) is 0 Å². The average Bonchev–Trinajstić information content (AvgIpc) is 3.47. The molecule has 2 aromatic heterocycles. The molecule has 6 N–H and O–H groups in total. The first-order chi connectivity index (χ1) is 18.1. The van der Waals surface area contributed by atoms with Crippen LogP contribution in [0.15, 0.2) is 48.7 Å². The number of rotatable bonds is 9. The summed E-state index contributed by atoms with van der Waals surface area (Å²) >= 11 is 0.788. The van der Waals surface area contributed by atoms with Crippen LogP contribution in [0.3, 0.4) is 0 Å². The Balaban J connectivity index is 1.92. The fourth-order valence-corrected chi connectivity index (χ4v) is 5.04. The van der Waals surface area contributed by atoms with E-state index in [9.17, 15) is 14.4 Å². The van der Waals surface area contributed by atoms with Crippen LogP contribution in [0.4, 0.5) is 11.4 Å². The maximum atomic E-state index is 14.2. The molecule has 0 spiro atoms. The molecular formula is C28H32N6O3S. The molecular weight excluding hydrogens is 500 g/mol. The quantitative estimate of drug-likeness (QED) is 0.251. The zero-order valence-electron chi connectivity index (χ0n) is 21.9. The molecule has 3 amide bonds. The molecule has 2 heterocycles. The zero-order chi connectivity index (χ0) is 27.6. The molecule has 0 saturated carbocycles. The van der Waals surface area contributed by atoms with Gasteiger partial charge < -0.3 is 21.8 Å². The molecule has 198 valence electrons. The lowest BCUT2D eigenvalue weighted by molar-refractivity contribution is -0.122. The number of nitrogens with one attached hydrogen (secondary N) is 2. The van der Waals surface area contributed by atoms with Gasteiger partial charge in [0.05, 0.1) is 5.69 Å². The summed E-state index contributed by atoms with van der Waals surface area (Å²) in [4.78, 5) is 44.7. The van der Waals surface area contributed by atoms with E-state index in [1.165, 1.54) is 4.90 Å². The number of fused-ring (bicyclic) bond motifs is 1. The summed E-state index contributed by atoms with van der Waals surface area (Å²) in [5.41, 5.74) is 15.3. The van der Waals surface area contributed by atoms with Crippen LogP contribution in [-0.4, -0.2) is 33.6 Å². The van der Waals surface area contributed by atoms with Crippen molar-refractivity contribution in [1.29, 1.82) is 0 Å². The third-order valence-corrected chi connectivity index (χ3v) is 7.44. The molecule has 2 aromatic carbocycles.